The van der Waals surface area contributed by atoms with Gasteiger partial charge in [0.2, 0.25) is 5.78 Å². The Hall–Kier alpha value is -1.65. The van der Waals surface area contributed by atoms with Gasteiger partial charge < -0.3 is 13.9 Å². The molecule has 1 aromatic carbocycles. The van der Waals surface area contributed by atoms with E-state index in [0.29, 0.717) is 31.8 Å². The third-order valence-corrected chi connectivity index (χ3v) is 3.75. The lowest BCUT2D eigenvalue weighted by molar-refractivity contribution is -0.0673. The predicted octanol–water partition coefficient (Wildman–Crippen LogP) is 2.81. The van der Waals surface area contributed by atoms with Crippen LogP contribution in [0.15, 0.2) is 34.7 Å². The fraction of sp³-hybridized carbons (Fsp3) is 0.400. The summed E-state index contributed by atoms with van der Waals surface area (Å²) in [6.07, 6.45) is 1.14. The van der Waals surface area contributed by atoms with E-state index >= 15 is 0 Å². The molecular weight excluding hydrogens is 244 g/mol. The lowest BCUT2D eigenvalue weighted by atomic mass is 9.88. The first-order valence-corrected chi connectivity index (χ1v) is 6.41. The number of carbonyl (C=O) groups excluding carboxylic acids is 1. The van der Waals surface area contributed by atoms with Crippen molar-refractivity contribution in [2.24, 2.45) is 0 Å². The van der Waals surface area contributed by atoms with E-state index < -0.39 is 5.60 Å². The van der Waals surface area contributed by atoms with Gasteiger partial charge in [0.05, 0.1) is 0 Å². The second kappa shape index (κ2) is 4.79. The maximum absolute atomic E-state index is 12.6. The summed E-state index contributed by atoms with van der Waals surface area (Å²) in [6.45, 7) is 1.08. The zero-order chi connectivity index (χ0) is 13.3. The minimum Gasteiger partial charge on any atom is -0.453 e. The van der Waals surface area contributed by atoms with E-state index in [1.54, 1.807) is 13.2 Å². The molecule has 1 saturated heterocycles. The zero-order valence-corrected chi connectivity index (χ0v) is 10.8. The number of methoxy groups -OCH3 is 1. The summed E-state index contributed by atoms with van der Waals surface area (Å²) in [7, 11) is 1.58. The molecule has 0 aliphatic carbocycles. The molecule has 3 rings (SSSR count). The van der Waals surface area contributed by atoms with E-state index in [1.165, 1.54) is 0 Å². The second-order valence-corrected chi connectivity index (χ2v) is 4.79. The molecule has 0 atom stereocenters. The molecule has 19 heavy (non-hydrogen) atoms. The number of ketones is 1. The van der Waals surface area contributed by atoms with Crippen molar-refractivity contribution < 1.29 is 18.7 Å². The van der Waals surface area contributed by atoms with Crippen LogP contribution in [0.5, 0.6) is 0 Å². The molecule has 1 aliphatic heterocycles. The summed E-state index contributed by atoms with van der Waals surface area (Å²) in [5.41, 5.74) is -0.0734. The molecule has 4 nitrogen and oxygen atoms in total. The third kappa shape index (κ3) is 2.07. The molecule has 1 aliphatic rings. The summed E-state index contributed by atoms with van der Waals surface area (Å²) < 4.78 is 16.4. The van der Waals surface area contributed by atoms with Gasteiger partial charge in [0.15, 0.2) is 5.76 Å². The molecule has 0 bridgehead atoms. The Balaban J connectivity index is 1.97. The molecule has 1 aromatic heterocycles. The van der Waals surface area contributed by atoms with Gasteiger partial charge in [0, 0.05) is 38.6 Å². The topological polar surface area (TPSA) is 48.7 Å². The number of furan rings is 1. The van der Waals surface area contributed by atoms with Gasteiger partial charge in [-0.3, -0.25) is 4.79 Å². The molecule has 2 aromatic rings. The van der Waals surface area contributed by atoms with E-state index in [0.717, 1.165) is 11.0 Å². The Morgan fingerprint density at radius 2 is 2.00 bits per heavy atom. The monoisotopic (exact) mass is 260 g/mol. The summed E-state index contributed by atoms with van der Waals surface area (Å²) in [5, 5.41) is 0.934. The second-order valence-electron chi connectivity index (χ2n) is 4.79. The van der Waals surface area contributed by atoms with Crippen molar-refractivity contribution in [1.82, 2.24) is 0 Å². The van der Waals surface area contributed by atoms with Crippen molar-refractivity contribution in [3.8, 4) is 0 Å². The Morgan fingerprint density at radius 1 is 1.26 bits per heavy atom. The number of fused-ring (bicyclic) bond motifs is 1. The van der Waals surface area contributed by atoms with Crippen LogP contribution >= 0.6 is 0 Å². The summed E-state index contributed by atoms with van der Waals surface area (Å²) in [4.78, 5) is 12.6. The SMILES string of the molecule is COC1(C(=O)c2cc3ccccc3o2)CCOCC1. The van der Waals surface area contributed by atoms with Crippen molar-refractivity contribution in [3.05, 3.63) is 36.1 Å². The van der Waals surface area contributed by atoms with Crippen LogP contribution in [0, 0.1) is 0 Å². The minimum absolute atomic E-state index is 0.0884. The lowest BCUT2D eigenvalue weighted by Gasteiger charge is -2.33. The van der Waals surface area contributed by atoms with E-state index in [-0.39, 0.29) is 5.78 Å². The molecule has 2 heterocycles. The molecule has 0 amide bonds. The first-order valence-electron chi connectivity index (χ1n) is 6.41. The van der Waals surface area contributed by atoms with Crippen LogP contribution in [-0.2, 0) is 9.47 Å². The van der Waals surface area contributed by atoms with E-state index in [2.05, 4.69) is 0 Å². The third-order valence-electron chi connectivity index (χ3n) is 3.75. The molecule has 100 valence electrons. The highest BCUT2D eigenvalue weighted by Gasteiger charge is 2.42. The standard InChI is InChI=1S/C15H16O4/c1-17-15(6-8-18-9-7-15)14(16)13-10-11-4-2-3-5-12(11)19-13/h2-5,10H,6-9H2,1H3. The van der Waals surface area contributed by atoms with Crippen LogP contribution in [0.3, 0.4) is 0 Å². The quantitative estimate of drug-likeness (QED) is 0.796. The molecule has 1 fully saturated rings. The summed E-state index contributed by atoms with van der Waals surface area (Å²) in [5.74, 6) is 0.277. The van der Waals surface area contributed by atoms with Gasteiger partial charge in [-0.2, -0.15) is 0 Å². The molecule has 0 unspecified atom stereocenters. The van der Waals surface area contributed by atoms with Gasteiger partial charge in [-0.15, -0.1) is 0 Å². The Morgan fingerprint density at radius 3 is 2.68 bits per heavy atom. The van der Waals surface area contributed by atoms with Gasteiger partial charge >= 0.3 is 0 Å². The Kier molecular flexibility index (Phi) is 3.12. The van der Waals surface area contributed by atoms with E-state index in [4.69, 9.17) is 13.9 Å². The molecular formula is C15H16O4. The van der Waals surface area contributed by atoms with Crippen molar-refractivity contribution in [2.75, 3.05) is 20.3 Å². The summed E-state index contributed by atoms with van der Waals surface area (Å²) in [6, 6.07) is 9.38. The van der Waals surface area contributed by atoms with E-state index in [1.807, 2.05) is 24.3 Å². The maximum atomic E-state index is 12.6. The fourth-order valence-corrected chi connectivity index (χ4v) is 2.54. The number of hydrogen-bond donors (Lipinski definition) is 0. The van der Waals surface area contributed by atoms with Gasteiger partial charge in [-0.05, 0) is 12.1 Å². The van der Waals surface area contributed by atoms with Crippen LogP contribution in [0.4, 0.5) is 0 Å². The van der Waals surface area contributed by atoms with Gasteiger partial charge in [-0.25, -0.2) is 0 Å². The average molecular weight is 260 g/mol. The molecule has 0 radical (unpaired) electrons. The maximum Gasteiger partial charge on any atom is 0.229 e. The fourth-order valence-electron chi connectivity index (χ4n) is 2.54. The van der Waals surface area contributed by atoms with Crippen LogP contribution in [0.2, 0.25) is 0 Å². The zero-order valence-electron chi connectivity index (χ0n) is 10.8. The van der Waals surface area contributed by atoms with Gasteiger partial charge in [-0.1, -0.05) is 18.2 Å². The van der Waals surface area contributed by atoms with Crippen LogP contribution in [0.25, 0.3) is 11.0 Å². The molecule has 0 saturated carbocycles. The first kappa shape index (κ1) is 12.4. The minimum atomic E-state index is -0.799. The van der Waals surface area contributed by atoms with Crippen molar-refractivity contribution in [3.63, 3.8) is 0 Å². The number of rotatable bonds is 3. The highest BCUT2D eigenvalue weighted by Crippen LogP contribution is 2.31. The number of hydrogen-bond acceptors (Lipinski definition) is 4. The van der Waals surface area contributed by atoms with Crippen LogP contribution < -0.4 is 0 Å². The van der Waals surface area contributed by atoms with Crippen LogP contribution in [0.1, 0.15) is 23.4 Å². The number of carbonyl (C=O) groups is 1. The Labute approximate surface area is 111 Å². The summed E-state index contributed by atoms with van der Waals surface area (Å²) >= 11 is 0. The smallest absolute Gasteiger partial charge is 0.229 e. The number of ether oxygens (including phenoxy) is 2. The largest absolute Gasteiger partial charge is 0.453 e. The Bertz CT molecular complexity index is 560. The lowest BCUT2D eigenvalue weighted by Crippen LogP contribution is -2.45. The molecule has 4 heteroatoms. The molecule has 0 N–H and O–H groups in total. The molecule has 0 spiro atoms. The number of benzene rings is 1. The van der Waals surface area contributed by atoms with Crippen molar-refractivity contribution in [1.29, 1.82) is 0 Å². The number of Topliss-reactive ketones (excluding diaryl/α,β-unsaturated/α-hetero) is 1. The van der Waals surface area contributed by atoms with Crippen LogP contribution in [-0.4, -0.2) is 31.7 Å². The first-order chi connectivity index (χ1) is 9.25. The van der Waals surface area contributed by atoms with Crippen molar-refractivity contribution in [2.45, 2.75) is 18.4 Å². The average Bonchev–Trinajstić information content (AvgIpc) is 2.91. The normalized spacial score (nSPS) is 18.6. The highest BCUT2D eigenvalue weighted by molar-refractivity contribution is 6.03. The van der Waals surface area contributed by atoms with E-state index in [9.17, 15) is 4.79 Å². The van der Waals surface area contributed by atoms with Gasteiger partial charge in [0.1, 0.15) is 11.2 Å². The highest BCUT2D eigenvalue weighted by atomic mass is 16.5. The van der Waals surface area contributed by atoms with Gasteiger partial charge in [0.25, 0.3) is 0 Å². The predicted molar refractivity (Wildman–Crippen MR) is 70.3 cm³/mol. The van der Waals surface area contributed by atoms with Crippen molar-refractivity contribution >= 4 is 16.8 Å². The number of para-hydroxylation sites is 1.